The van der Waals surface area contributed by atoms with E-state index in [1.165, 1.54) is 0 Å². The van der Waals surface area contributed by atoms with Gasteiger partial charge in [-0.1, -0.05) is 6.92 Å². The van der Waals surface area contributed by atoms with Gasteiger partial charge in [-0.2, -0.15) is 0 Å². The van der Waals surface area contributed by atoms with Gasteiger partial charge in [-0.25, -0.2) is 0 Å². The molecule has 0 amide bonds. The summed E-state index contributed by atoms with van der Waals surface area (Å²) in [6.45, 7) is 10.1. The zero-order chi connectivity index (χ0) is 13.3. The second kappa shape index (κ2) is 4.74. The van der Waals surface area contributed by atoms with Gasteiger partial charge in [-0.05, 0) is 34.1 Å². The Morgan fingerprint density at radius 3 is 2.18 bits per heavy atom. The fourth-order valence-corrected chi connectivity index (χ4v) is 1.86. The highest BCUT2D eigenvalue weighted by Gasteiger charge is 2.34. The lowest BCUT2D eigenvalue weighted by Crippen LogP contribution is -2.34. The van der Waals surface area contributed by atoms with Crippen molar-refractivity contribution in [3.05, 3.63) is 11.6 Å². The van der Waals surface area contributed by atoms with Crippen molar-refractivity contribution >= 4 is 0 Å². The average Bonchev–Trinajstić information content (AvgIpc) is 2.71. The van der Waals surface area contributed by atoms with Crippen LogP contribution in [0.5, 0.6) is 0 Å². The summed E-state index contributed by atoms with van der Waals surface area (Å²) in [5.74, 6) is 1.34. The molecule has 5 heteroatoms. The fraction of sp³-hybridized carbons (Fsp3) is 0.833. The van der Waals surface area contributed by atoms with Gasteiger partial charge in [0.2, 0.25) is 0 Å². The number of hydrogen-bond donors (Lipinski definition) is 1. The van der Waals surface area contributed by atoms with E-state index in [4.69, 9.17) is 4.74 Å². The van der Waals surface area contributed by atoms with E-state index in [1.54, 1.807) is 7.11 Å². The van der Waals surface area contributed by atoms with E-state index in [0.717, 1.165) is 12.2 Å². The molecule has 5 nitrogen and oxygen atoms in total. The quantitative estimate of drug-likeness (QED) is 0.873. The predicted octanol–water partition coefficient (Wildman–Crippen LogP) is 1.80. The number of hydrogen-bond acceptors (Lipinski definition) is 4. The van der Waals surface area contributed by atoms with Crippen molar-refractivity contribution < 1.29 is 9.84 Å². The van der Waals surface area contributed by atoms with Crippen molar-refractivity contribution in [2.24, 2.45) is 0 Å². The van der Waals surface area contributed by atoms with Crippen molar-refractivity contribution in [2.45, 2.75) is 58.8 Å². The monoisotopic (exact) mass is 241 g/mol. The predicted molar refractivity (Wildman–Crippen MR) is 65.6 cm³/mol. The lowest BCUT2D eigenvalue weighted by atomic mass is 9.99. The summed E-state index contributed by atoms with van der Waals surface area (Å²) in [7, 11) is 1.67. The van der Waals surface area contributed by atoms with Gasteiger partial charge in [0, 0.05) is 12.6 Å². The highest BCUT2D eigenvalue weighted by molar-refractivity contribution is 5.08. The van der Waals surface area contributed by atoms with E-state index in [0.29, 0.717) is 5.82 Å². The Morgan fingerprint density at radius 2 is 1.82 bits per heavy atom. The Bertz CT molecular complexity index is 376. The van der Waals surface area contributed by atoms with Crippen LogP contribution >= 0.6 is 0 Å². The molecule has 0 spiro atoms. The van der Waals surface area contributed by atoms with Gasteiger partial charge >= 0.3 is 0 Å². The lowest BCUT2D eigenvalue weighted by molar-refractivity contribution is -0.0151. The summed E-state index contributed by atoms with van der Waals surface area (Å²) >= 11 is 0. The van der Waals surface area contributed by atoms with Crippen molar-refractivity contribution in [2.75, 3.05) is 7.11 Å². The zero-order valence-corrected chi connectivity index (χ0v) is 11.6. The molecular formula is C12H23N3O2. The molecular weight excluding hydrogens is 218 g/mol. The Kier molecular flexibility index (Phi) is 3.94. The van der Waals surface area contributed by atoms with Crippen LogP contribution in [0.3, 0.4) is 0 Å². The second-order valence-corrected chi connectivity index (χ2v) is 5.39. The first-order valence-electron chi connectivity index (χ1n) is 5.91. The number of nitrogens with zero attached hydrogens (tertiary/aromatic N) is 3. The first-order valence-corrected chi connectivity index (χ1v) is 5.91. The average molecular weight is 241 g/mol. The first kappa shape index (κ1) is 14.1. The minimum Gasteiger partial charge on any atom is -0.388 e. The molecule has 0 aromatic carbocycles. The van der Waals surface area contributed by atoms with Crippen LogP contribution in [0, 0.1) is 0 Å². The van der Waals surface area contributed by atoms with Crippen LogP contribution < -0.4 is 0 Å². The molecule has 0 aliphatic rings. The number of aromatic nitrogens is 3. The van der Waals surface area contributed by atoms with Crippen LogP contribution in [-0.4, -0.2) is 27.0 Å². The van der Waals surface area contributed by atoms with Crippen molar-refractivity contribution in [3.8, 4) is 0 Å². The molecule has 0 aliphatic heterocycles. The van der Waals surface area contributed by atoms with E-state index >= 15 is 0 Å². The maximum Gasteiger partial charge on any atom is 0.165 e. The standard InChI is InChI=1S/C12H23N3O2/c1-7-12(5,17-6)10-14-13-9(8-16)15(10)11(2,3)4/h16H,7-8H2,1-6H3. The fourth-order valence-electron chi connectivity index (χ4n) is 1.86. The third-order valence-electron chi connectivity index (χ3n) is 3.14. The molecule has 1 N–H and O–H groups in total. The molecule has 0 saturated heterocycles. The maximum absolute atomic E-state index is 9.34. The molecule has 1 unspecified atom stereocenters. The Morgan fingerprint density at radius 1 is 1.24 bits per heavy atom. The van der Waals surface area contributed by atoms with Crippen LogP contribution in [0.15, 0.2) is 0 Å². The van der Waals surface area contributed by atoms with Gasteiger partial charge in [-0.3, -0.25) is 0 Å². The van der Waals surface area contributed by atoms with Crippen LogP contribution in [0.25, 0.3) is 0 Å². The molecule has 0 fully saturated rings. The maximum atomic E-state index is 9.34. The van der Waals surface area contributed by atoms with Gasteiger partial charge in [0.25, 0.3) is 0 Å². The normalized spacial score (nSPS) is 15.9. The summed E-state index contributed by atoms with van der Waals surface area (Å²) in [5.41, 5.74) is -0.667. The van der Waals surface area contributed by atoms with Gasteiger partial charge < -0.3 is 14.4 Å². The molecule has 0 radical (unpaired) electrons. The van der Waals surface area contributed by atoms with Crippen LogP contribution in [0.1, 0.15) is 52.7 Å². The highest BCUT2D eigenvalue weighted by atomic mass is 16.5. The van der Waals surface area contributed by atoms with Crippen LogP contribution in [0.4, 0.5) is 0 Å². The van der Waals surface area contributed by atoms with Crippen molar-refractivity contribution in [1.82, 2.24) is 14.8 Å². The minimum atomic E-state index is -0.478. The second-order valence-electron chi connectivity index (χ2n) is 5.39. The Labute approximate surface area is 103 Å². The van der Waals surface area contributed by atoms with Crippen LogP contribution in [0.2, 0.25) is 0 Å². The van der Waals surface area contributed by atoms with E-state index in [2.05, 4.69) is 31.0 Å². The lowest BCUT2D eigenvalue weighted by Gasteiger charge is -2.32. The molecule has 17 heavy (non-hydrogen) atoms. The Hall–Kier alpha value is -0.940. The molecule has 1 rings (SSSR count). The molecule has 1 heterocycles. The SMILES string of the molecule is CCC(C)(OC)c1nnc(CO)n1C(C)(C)C. The molecule has 1 aromatic heterocycles. The van der Waals surface area contributed by atoms with Gasteiger partial charge in [-0.15, -0.1) is 10.2 Å². The van der Waals surface area contributed by atoms with Gasteiger partial charge in [0.05, 0.1) is 0 Å². The number of aliphatic hydroxyl groups is 1. The van der Waals surface area contributed by atoms with Crippen molar-refractivity contribution in [1.29, 1.82) is 0 Å². The number of aliphatic hydroxyl groups excluding tert-OH is 1. The molecule has 0 saturated carbocycles. The summed E-state index contributed by atoms with van der Waals surface area (Å²) in [4.78, 5) is 0. The molecule has 0 aliphatic carbocycles. The molecule has 1 aromatic rings. The Balaban J connectivity index is 3.40. The minimum absolute atomic E-state index is 0.117. The number of ether oxygens (including phenoxy) is 1. The zero-order valence-electron chi connectivity index (χ0n) is 11.6. The van der Waals surface area contributed by atoms with Crippen LogP contribution in [-0.2, 0) is 22.5 Å². The molecule has 1 atom stereocenters. The van der Waals surface area contributed by atoms with E-state index in [9.17, 15) is 5.11 Å². The molecule has 0 bridgehead atoms. The number of methoxy groups -OCH3 is 1. The number of rotatable bonds is 4. The van der Waals surface area contributed by atoms with E-state index in [-0.39, 0.29) is 12.1 Å². The third-order valence-corrected chi connectivity index (χ3v) is 3.14. The summed E-state index contributed by atoms with van der Waals surface area (Å²) in [6, 6.07) is 0. The van der Waals surface area contributed by atoms with Crippen molar-refractivity contribution in [3.63, 3.8) is 0 Å². The van der Waals surface area contributed by atoms with Gasteiger partial charge in [0.15, 0.2) is 11.6 Å². The molecule has 98 valence electrons. The highest BCUT2D eigenvalue weighted by Crippen LogP contribution is 2.31. The smallest absolute Gasteiger partial charge is 0.165 e. The largest absolute Gasteiger partial charge is 0.388 e. The van der Waals surface area contributed by atoms with E-state index < -0.39 is 5.60 Å². The topological polar surface area (TPSA) is 60.2 Å². The van der Waals surface area contributed by atoms with Gasteiger partial charge in [0.1, 0.15) is 12.2 Å². The summed E-state index contributed by atoms with van der Waals surface area (Å²) in [5, 5.41) is 17.6. The summed E-state index contributed by atoms with van der Waals surface area (Å²) in [6.07, 6.45) is 0.795. The summed E-state index contributed by atoms with van der Waals surface area (Å²) < 4.78 is 7.52. The van der Waals surface area contributed by atoms with E-state index in [1.807, 2.05) is 18.4 Å². The third kappa shape index (κ3) is 2.50. The first-order chi connectivity index (χ1) is 7.80.